The maximum absolute atomic E-state index is 13.1. The fourth-order valence-electron chi connectivity index (χ4n) is 3.22. The molecule has 0 spiro atoms. The summed E-state index contributed by atoms with van der Waals surface area (Å²) in [6.45, 7) is -0.0800. The zero-order chi connectivity index (χ0) is 22.5. The number of esters is 1. The molecule has 0 aliphatic heterocycles. The predicted molar refractivity (Wildman–Crippen MR) is 115 cm³/mol. The lowest BCUT2D eigenvalue weighted by atomic mass is 10.1. The third kappa shape index (κ3) is 4.02. The fraction of sp³-hybridized carbons (Fsp3) is 0.227. The van der Waals surface area contributed by atoms with Crippen LogP contribution in [-0.2, 0) is 11.3 Å². The van der Waals surface area contributed by atoms with Gasteiger partial charge in [0.05, 0.1) is 32.4 Å². The molecule has 0 N–H and O–H groups in total. The average molecular weight is 440 g/mol. The maximum atomic E-state index is 13.1. The van der Waals surface area contributed by atoms with Gasteiger partial charge in [-0.3, -0.25) is 9.20 Å². The SMILES string of the molecule is COc1cc(COC(=O)c2c(SC)c(C#N)c(=O)n3ccccc23)cc(OC)c1OC. The van der Waals surface area contributed by atoms with E-state index in [0.29, 0.717) is 28.3 Å². The number of nitriles is 1. The van der Waals surface area contributed by atoms with Gasteiger partial charge in [0.1, 0.15) is 18.2 Å². The summed E-state index contributed by atoms with van der Waals surface area (Å²) in [4.78, 5) is 26.0. The van der Waals surface area contributed by atoms with Crippen molar-refractivity contribution in [1.29, 1.82) is 5.26 Å². The van der Waals surface area contributed by atoms with Crippen LogP contribution in [0.25, 0.3) is 5.52 Å². The number of carbonyl (C=O) groups is 1. The van der Waals surface area contributed by atoms with Crippen molar-refractivity contribution in [1.82, 2.24) is 4.40 Å². The molecule has 0 radical (unpaired) electrons. The van der Waals surface area contributed by atoms with Crippen molar-refractivity contribution in [3.8, 4) is 23.3 Å². The standard InChI is InChI=1S/C22H20N2O6S/c1-27-16-9-13(10-17(28-2)19(16)29-3)12-30-22(26)18-15-7-5-6-8-24(15)21(25)14(11-23)20(18)31-4/h5-10H,12H2,1-4H3. The third-order valence-corrected chi connectivity index (χ3v) is 5.43. The first-order valence-corrected chi connectivity index (χ1v) is 10.3. The second-order valence-corrected chi connectivity index (χ2v) is 7.08. The molecule has 0 saturated carbocycles. The Morgan fingerprint density at radius 3 is 2.35 bits per heavy atom. The number of thioether (sulfide) groups is 1. The van der Waals surface area contributed by atoms with Gasteiger partial charge < -0.3 is 18.9 Å². The van der Waals surface area contributed by atoms with Crippen molar-refractivity contribution in [2.24, 2.45) is 0 Å². The minimum absolute atomic E-state index is 0.0800. The molecule has 0 bridgehead atoms. The Bertz CT molecular complexity index is 1220. The topological polar surface area (TPSA) is 99.3 Å². The van der Waals surface area contributed by atoms with Crippen LogP contribution >= 0.6 is 11.8 Å². The van der Waals surface area contributed by atoms with Crippen molar-refractivity contribution >= 4 is 23.2 Å². The highest BCUT2D eigenvalue weighted by atomic mass is 32.2. The molecule has 1 aromatic carbocycles. The summed E-state index contributed by atoms with van der Waals surface area (Å²) in [5.74, 6) is 0.637. The quantitative estimate of drug-likeness (QED) is 0.408. The Balaban J connectivity index is 2.03. The average Bonchev–Trinajstić information content (AvgIpc) is 2.81. The van der Waals surface area contributed by atoms with Gasteiger partial charge >= 0.3 is 5.97 Å². The largest absolute Gasteiger partial charge is 0.493 e. The number of hydrogen-bond acceptors (Lipinski definition) is 8. The zero-order valence-electron chi connectivity index (χ0n) is 17.4. The van der Waals surface area contributed by atoms with Gasteiger partial charge in [0.25, 0.3) is 5.56 Å². The van der Waals surface area contributed by atoms with Crippen LogP contribution in [0.1, 0.15) is 21.5 Å². The number of rotatable bonds is 7. The molecule has 2 heterocycles. The van der Waals surface area contributed by atoms with Gasteiger partial charge in [-0.05, 0) is 36.1 Å². The Kier molecular flexibility index (Phi) is 6.72. The third-order valence-electron chi connectivity index (χ3n) is 4.62. The molecule has 3 aromatic rings. The second-order valence-electron chi connectivity index (χ2n) is 6.27. The normalized spacial score (nSPS) is 10.4. The van der Waals surface area contributed by atoms with E-state index in [1.54, 1.807) is 36.6 Å². The second kappa shape index (κ2) is 9.45. The van der Waals surface area contributed by atoms with Crippen LogP contribution < -0.4 is 19.8 Å². The van der Waals surface area contributed by atoms with Gasteiger partial charge in [-0.1, -0.05) is 6.07 Å². The van der Waals surface area contributed by atoms with Crippen LogP contribution in [0.5, 0.6) is 17.2 Å². The lowest BCUT2D eigenvalue weighted by Gasteiger charge is -2.15. The fourth-order valence-corrected chi connectivity index (χ4v) is 3.95. The van der Waals surface area contributed by atoms with E-state index in [1.807, 2.05) is 6.07 Å². The monoisotopic (exact) mass is 440 g/mol. The first kappa shape index (κ1) is 22.1. The molecule has 31 heavy (non-hydrogen) atoms. The van der Waals surface area contributed by atoms with Crippen LogP contribution in [0.15, 0.2) is 46.2 Å². The molecule has 160 valence electrons. The number of fused-ring (bicyclic) bond motifs is 1. The molecule has 0 atom stereocenters. The molecule has 3 rings (SSSR count). The minimum atomic E-state index is -0.654. The number of benzene rings is 1. The lowest BCUT2D eigenvalue weighted by Crippen LogP contribution is -2.22. The van der Waals surface area contributed by atoms with E-state index >= 15 is 0 Å². The smallest absolute Gasteiger partial charge is 0.341 e. The zero-order valence-corrected chi connectivity index (χ0v) is 18.2. The number of pyridine rings is 2. The number of ether oxygens (including phenoxy) is 4. The van der Waals surface area contributed by atoms with E-state index in [4.69, 9.17) is 18.9 Å². The Morgan fingerprint density at radius 2 is 1.81 bits per heavy atom. The van der Waals surface area contributed by atoms with E-state index < -0.39 is 11.5 Å². The summed E-state index contributed by atoms with van der Waals surface area (Å²) in [5.41, 5.74) is 0.563. The van der Waals surface area contributed by atoms with Crippen LogP contribution in [0.4, 0.5) is 0 Å². The van der Waals surface area contributed by atoms with Crippen molar-refractivity contribution in [3.05, 3.63) is 63.6 Å². The Hall–Kier alpha value is -3.64. The number of methoxy groups -OCH3 is 3. The Labute approximate surface area is 182 Å². The number of nitrogens with zero attached hydrogens (tertiary/aromatic N) is 2. The summed E-state index contributed by atoms with van der Waals surface area (Å²) in [6, 6.07) is 10.3. The van der Waals surface area contributed by atoms with Gasteiger partial charge in [0.15, 0.2) is 11.5 Å². The molecule has 0 amide bonds. The first-order valence-electron chi connectivity index (χ1n) is 9.08. The molecule has 9 heteroatoms. The van der Waals surface area contributed by atoms with Crippen LogP contribution in [-0.4, -0.2) is 38.0 Å². The van der Waals surface area contributed by atoms with E-state index in [2.05, 4.69) is 0 Å². The number of aromatic nitrogens is 1. The van der Waals surface area contributed by atoms with E-state index in [0.717, 1.165) is 11.8 Å². The highest BCUT2D eigenvalue weighted by Crippen LogP contribution is 2.38. The van der Waals surface area contributed by atoms with Gasteiger partial charge in [0, 0.05) is 11.1 Å². The summed E-state index contributed by atoms with van der Waals surface area (Å²) in [6.07, 6.45) is 3.21. The lowest BCUT2D eigenvalue weighted by molar-refractivity contribution is 0.0469. The number of hydrogen-bond donors (Lipinski definition) is 0. The molecular weight excluding hydrogens is 420 g/mol. The molecule has 0 aliphatic rings. The van der Waals surface area contributed by atoms with Crippen molar-refractivity contribution in [3.63, 3.8) is 0 Å². The van der Waals surface area contributed by atoms with Crippen LogP contribution in [0, 0.1) is 11.3 Å². The highest BCUT2D eigenvalue weighted by Gasteiger charge is 2.24. The minimum Gasteiger partial charge on any atom is -0.493 e. The van der Waals surface area contributed by atoms with E-state index in [1.165, 1.54) is 31.9 Å². The molecule has 2 aromatic heterocycles. The van der Waals surface area contributed by atoms with Gasteiger partial charge in [-0.15, -0.1) is 11.8 Å². The summed E-state index contributed by atoms with van der Waals surface area (Å²) in [5, 5.41) is 9.50. The van der Waals surface area contributed by atoms with Gasteiger partial charge in [0.2, 0.25) is 5.75 Å². The van der Waals surface area contributed by atoms with Gasteiger partial charge in [-0.2, -0.15) is 5.26 Å². The summed E-state index contributed by atoms with van der Waals surface area (Å²) < 4.78 is 22.8. The van der Waals surface area contributed by atoms with Gasteiger partial charge in [-0.25, -0.2) is 4.79 Å². The highest BCUT2D eigenvalue weighted by molar-refractivity contribution is 7.98. The molecular formula is C22H20N2O6S. The molecule has 0 aliphatic carbocycles. The van der Waals surface area contributed by atoms with Crippen LogP contribution in [0.2, 0.25) is 0 Å². The predicted octanol–water partition coefficient (Wildman–Crippen LogP) is 3.28. The number of carbonyl (C=O) groups excluding carboxylic acids is 1. The van der Waals surface area contributed by atoms with E-state index in [-0.39, 0.29) is 22.6 Å². The van der Waals surface area contributed by atoms with E-state index in [9.17, 15) is 14.9 Å². The van der Waals surface area contributed by atoms with Crippen molar-refractivity contribution in [2.45, 2.75) is 11.5 Å². The molecule has 0 saturated heterocycles. The summed E-state index contributed by atoms with van der Waals surface area (Å²) >= 11 is 1.15. The Morgan fingerprint density at radius 1 is 1.13 bits per heavy atom. The first-order chi connectivity index (χ1) is 15.0. The molecule has 8 nitrogen and oxygen atoms in total. The summed E-state index contributed by atoms with van der Waals surface area (Å²) in [7, 11) is 4.49. The van der Waals surface area contributed by atoms with Crippen molar-refractivity contribution < 1.29 is 23.7 Å². The molecule has 0 fully saturated rings. The molecule has 0 unspecified atom stereocenters. The van der Waals surface area contributed by atoms with Crippen LogP contribution in [0.3, 0.4) is 0 Å². The van der Waals surface area contributed by atoms with Crippen molar-refractivity contribution in [2.75, 3.05) is 27.6 Å². The maximum Gasteiger partial charge on any atom is 0.341 e.